The highest BCUT2D eigenvalue weighted by Gasteiger charge is 2.16. The molecule has 0 spiro atoms. The lowest BCUT2D eigenvalue weighted by molar-refractivity contribution is -0.116. The number of morpholine rings is 1. The summed E-state index contributed by atoms with van der Waals surface area (Å²) in [4.78, 5) is 14.1. The molecule has 8 heteroatoms. The molecule has 22 heavy (non-hydrogen) atoms. The number of halogens is 3. The normalized spacial score (nSPS) is 13.8. The van der Waals surface area contributed by atoms with Gasteiger partial charge in [0.2, 0.25) is 5.91 Å². The molecule has 1 amide bonds. The third-order valence-corrected chi connectivity index (χ3v) is 3.68. The van der Waals surface area contributed by atoms with Crippen LogP contribution in [0, 0.1) is 0 Å². The molecule has 0 bridgehead atoms. The molecule has 1 saturated heterocycles. The molecular formula is C14H22BrCl2N3O2. The van der Waals surface area contributed by atoms with Gasteiger partial charge in [-0.1, -0.05) is 15.9 Å². The molecule has 0 aliphatic carbocycles. The Bertz CT molecular complexity index is 471. The van der Waals surface area contributed by atoms with E-state index in [1.165, 1.54) is 0 Å². The molecule has 2 N–H and O–H groups in total. The van der Waals surface area contributed by atoms with Gasteiger partial charge in [0, 0.05) is 30.5 Å². The summed E-state index contributed by atoms with van der Waals surface area (Å²) >= 11 is 3.46. The molecule has 1 fully saturated rings. The highest BCUT2D eigenvalue weighted by atomic mass is 79.9. The standard InChI is InChI=1S/C14H20BrN3O2.2ClH/c1-16-5-4-14(19)17-12-10-11(15)2-3-13(12)18-6-8-20-9-7-18;;/h2-3,10,16H,4-9H2,1H3,(H,17,19);2*1H. The molecule has 1 aliphatic heterocycles. The molecule has 0 unspecified atom stereocenters. The lowest BCUT2D eigenvalue weighted by Gasteiger charge is -2.30. The van der Waals surface area contributed by atoms with E-state index in [9.17, 15) is 4.79 Å². The SMILES string of the molecule is CNCCC(=O)Nc1cc(Br)ccc1N1CCOCC1.Cl.Cl. The Kier molecular flexibility index (Phi) is 10.8. The van der Waals surface area contributed by atoms with Crippen LogP contribution in [0.1, 0.15) is 6.42 Å². The first-order valence-corrected chi connectivity index (χ1v) is 7.56. The number of anilines is 2. The number of rotatable bonds is 5. The number of benzene rings is 1. The van der Waals surface area contributed by atoms with Crippen molar-refractivity contribution in [2.24, 2.45) is 0 Å². The smallest absolute Gasteiger partial charge is 0.225 e. The van der Waals surface area contributed by atoms with E-state index in [4.69, 9.17) is 4.74 Å². The summed E-state index contributed by atoms with van der Waals surface area (Å²) in [6.45, 7) is 3.82. The minimum Gasteiger partial charge on any atom is -0.378 e. The second-order valence-electron chi connectivity index (χ2n) is 4.66. The van der Waals surface area contributed by atoms with Gasteiger partial charge in [-0.15, -0.1) is 24.8 Å². The van der Waals surface area contributed by atoms with Gasteiger partial charge in [-0.2, -0.15) is 0 Å². The highest BCUT2D eigenvalue weighted by Crippen LogP contribution is 2.30. The van der Waals surface area contributed by atoms with Crippen LogP contribution in [0.4, 0.5) is 11.4 Å². The summed E-state index contributed by atoms with van der Waals surface area (Å²) in [5.41, 5.74) is 1.90. The minimum absolute atomic E-state index is 0. The molecular weight excluding hydrogens is 393 g/mol. The Hall–Kier alpha value is -0.530. The van der Waals surface area contributed by atoms with Crippen LogP contribution in [0.15, 0.2) is 22.7 Å². The van der Waals surface area contributed by atoms with Crippen molar-refractivity contribution in [3.05, 3.63) is 22.7 Å². The van der Waals surface area contributed by atoms with Crippen molar-refractivity contribution in [2.75, 3.05) is 50.1 Å². The molecule has 0 aromatic heterocycles. The summed E-state index contributed by atoms with van der Waals surface area (Å²) < 4.78 is 6.33. The molecule has 1 aliphatic rings. The van der Waals surface area contributed by atoms with Gasteiger partial charge in [0.05, 0.1) is 24.6 Å². The Morgan fingerprint density at radius 1 is 1.32 bits per heavy atom. The van der Waals surface area contributed by atoms with Crippen molar-refractivity contribution in [1.82, 2.24) is 5.32 Å². The molecule has 1 aromatic rings. The number of hydrogen-bond donors (Lipinski definition) is 2. The monoisotopic (exact) mass is 413 g/mol. The lowest BCUT2D eigenvalue weighted by atomic mass is 10.2. The van der Waals surface area contributed by atoms with Gasteiger partial charge in [-0.3, -0.25) is 4.79 Å². The van der Waals surface area contributed by atoms with Gasteiger partial charge in [0.1, 0.15) is 0 Å². The van der Waals surface area contributed by atoms with Gasteiger partial charge >= 0.3 is 0 Å². The zero-order chi connectivity index (χ0) is 14.4. The topological polar surface area (TPSA) is 53.6 Å². The van der Waals surface area contributed by atoms with Crippen molar-refractivity contribution in [3.63, 3.8) is 0 Å². The fraction of sp³-hybridized carbons (Fsp3) is 0.500. The van der Waals surface area contributed by atoms with Gasteiger partial charge < -0.3 is 20.3 Å². The lowest BCUT2D eigenvalue weighted by Crippen LogP contribution is -2.36. The van der Waals surface area contributed by atoms with Gasteiger partial charge in [-0.25, -0.2) is 0 Å². The molecule has 1 aromatic carbocycles. The third kappa shape index (κ3) is 6.30. The van der Waals surface area contributed by atoms with Crippen molar-refractivity contribution in [3.8, 4) is 0 Å². The van der Waals surface area contributed by atoms with Crippen LogP contribution < -0.4 is 15.5 Å². The maximum atomic E-state index is 11.9. The second kappa shape index (κ2) is 11.1. The van der Waals surface area contributed by atoms with Crippen LogP contribution >= 0.6 is 40.7 Å². The van der Waals surface area contributed by atoms with E-state index in [0.717, 1.165) is 42.2 Å². The van der Waals surface area contributed by atoms with E-state index in [0.29, 0.717) is 13.0 Å². The highest BCUT2D eigenvalue weighted by molar-refractivity contribution is 9.10. The quantitative estimate of drug-likeness (QED) is 0.777. The number of carbonyl (C=O) groups excluding carboxylic acids is 1. The number of nitrogens with one attached hydrogen (secondary N) is 2. The summed E-state index contributed by atoms with van der Waals surface area (Å²) in [5.74, 6) is 0.0203. The molecule has 0 radical (unpaired) electrons. The fourth-order valence-corrected chi connectivity index (χ4v) is 2.50. The largest absolute Gasteiger partial charge is 0.378 e. The van der Waals surface area contributed by atoms with Gasteiger partial charge in [0.15, 0.2) is 0 Å². The number of nitrogens with zero attached hydrogens (tertiary/aromatic N) is 1. The first kappa shape index (κ1) is 21.5. The Balaban J connectivity index is 0.00000220. The zero-order valence-corrected chi connectivity index (χ0v) is 15.7. The first-order chi connectivity index (χ1) is 9.70. The molecule has 0 saturated carbocycles. The van der Waals surface area contributed by atoms with Crippen LogP contribution in [-0.4, -0.2) is 45.8 Å². The number of carbonyl (C=O) groups is 1. The van der Waals surface area contributed by atoms with E-state index < -0.39 is 0 Å². The fourth-order valence-electron chi connectivity index (χ4n) is 2.14. The summed E-state index contributed by atoms with van der Waals surface area (Å²) in [5, 5.41) is 5.97. The predicted molar refractivity (Wildman–Crippen MR) is 98.8 cm³/mol. The van der Waals surface area contributed by atoms with Crippen LogP contribution in [0.2, 0.25) is 0 Å². The maximum absolute atomic E-state index is 11.9. The molecule has 2 rings (SSSR count). The molecule has 5 nitrogen and oxygen atoms in total. The first-order valence-electron chi connectivity index (χ1n) is 6.77. The van der Waals surface area contributed by atoms with E-state index in [1.54, 1.807) is 0 Å². The summed E-state index contributed by atoms with van der Waals surface area (Å²) in [6.07, 6.45) is 0.464. The number of amides is 1. The van der Waals surface area contributed by atoms with E-state index >= 15 is 0 Å². The van der Waals surface area contributed by atoms with E-state index in [-0.39, 0.29) is 30.7 Å². The zero-order valence-electron chi connectivity index (χ0n) is 12.4. The third-order valence-electron chi connectivity index (χ3n) is 3.19. The summed E-state index contributed by atoms with van der Waals surface area (Å²) in [7, 11) is 1.84. The van der Waals surface area contributed by atoms with E-state index in [2.05, 4.69) is 31.5 Å². The number of ether oxygens (including phenoxy) is 1. The molecule has 1 heterocycles. The van der Waals surface area contributed by atoms with Gasteiger partial charge in [-0.05, 0) is 25.2 Å². The Labute approximate surface area is 152 Å². The minimum atomic E-state index is 0. The van der Waals surface area contributed by atoms with Crippen LogP contribution in [0.25, 0.3) is 0 Å². The summed E-state index contributed by atoms with van der Waals surface area (Å²) in [6, 6.07) is 5.97. The average Bonchev–Trinajstić information content (AvgIpc) is 2.46. The average molecular weight is 415 g/mol. The Morgan fingerprint density at radius 2 is 2.00 bits per heavy atom. The van der Waals surface area contributed by atoms with E-state index in [1.807, 2.05) is 25.2 Å². The van der Waals surface area contributed by atoms with Crippen molar-refractivity contribution in [1.29, 1.82) is 0 Å². The van der Waals surface area contributed by atoms with Gasteiger partial charge in [0.25, 0.3) is 0 Å². The number of hydrogen-bond acceptors (Lipinski definition) is 4. The second-order valence-corrected chi connectivity index (χ2v) is 5.58. The van der Waals surface area contributed by atoms with Crippen LogP contribution in [0.5, 0.6) is 0 Å². The Morgan fingerprint density at radius 3 is 2.64 bits per heavy atom. The van der Waals surface area contributed by atoms with Crippen molar-refractivity contribution >= 4 is 58.0 Å². The maximum Gasteiger partial charge on any atom is 0.225 e. The van der Waals surface area contributed by atoms with Crippen molar-refractivity contribution in [2.45, 2.75) is 6.42 Å². The van der Waals surface area contributed by atoms with Crippen LogP contribution in [-0.2, 0) is 9.53 Å². The van der Waals surface area contributed by atoms with Crippen molar-refractivity contribution < 1.29 is 9.53 Å². The van der Waals surface area contributed by atoms with Crippen LogP contribution in [0.3, 0.4) is 0 Å². The predicted octanol–water partition coefficient (Wildman–Crippen LogP) is 2.68. The molecule has 0 atom stereocenters. The molecule has 126 valence electrons.